The van der Waals surface area contributed by atoms with Crippen molar-refractivity contribution in [3.05, 3.63) is 16.6 Å². The molecule has 1 aliphatic rings. The summed E-state index contributed by atoms with van der Waals surface area (Å²) in [6.45, 7) is 5.65. The lowest BCUT2D eigenvalue weighted by Gasteiger charge is -2.28. The number of aliphatic hydroxyl groups is 1. The van der Waals surface area contributed by atoms with E-state index in [0.717, 1.165) is 32.1 Å². The van der Waals surface area contributed by atoms with E-state index in [9.17, 15) is 4.79 Å². The van der Waals surface area contributed by atoms with Crippen LogP contribution in [-0.2, 0) is 13.1 Å². The predicted molar refractivity (Wildman–Crippen MR) is 87.4 cm³/mol. The van der Waals surface area contributed by atoms with Gasteiger partial charge in [-0.05, 0) is 6.92 Å². The topological polar surface area (TPSA) is 88.2 Å². The molecule has 0 atom stereocenters. The Balaban J connectivity index is 2.16. The van der Waals surface area contributed by atoms with Gasteiger partial charge in [0.05, 0.1) is 25.9 Å². The number of aliphatic hydroxyl groups excluding tert-OH is 1. The first-order valence-electron chi connectivity index (χ1n) is 7.68. The molecule has 0 radical (unpaired) electrons. The molecule has 8 nitrogen and oxygen atoms in total. The summed E-state index contributed by atoms with van der Waals surface area (Å²) in [5.74, 6) is 6.63. The first kappa shape index (κ1) is 15.5. The van der Waals surface area contributed by atoms with Gasteiger partial charge in [-0.3, -0.25) is 9.36 Å². The third-order valence-electron chi connectivity index (χ3n) is 3.86. The van der Waals surface area contributed by atoms with E-state index >= 15 is 0 Å². The normalized spacial score (nSPS) is 14.8. The quantitative estimate of drug-likeness (QED) is 0.705. The second kappa shape index (κ2) is 6.81. The van der Waals surface area contributed by atoms with Crippen LogP contribution in [0.5, 0.6) is 0 Å². The minimum Gasteiger partial charge on any atom is -0.394 e. The van der Waals surface area contributed by atoms with Gasteiger partial charge in [0, 0.05) is 26.2 Å². The Bertz CT molecular complexity index is 807. The molecule has 122 valence electrons. The molecule has 1 aliphatic heterocycles. The predicted octanol–water partition coefficient (Wildman–Crippen LogP) is -0.982. The molecule has 23 heavy (non-hydrogen) atoms. The summed E-state index contributed by atoms with van der Waals surface area (Å²) in [7, 11) is 0. The molecule has 0 unspecified atom stereocenters. The average Bonchev–Trinajstić information content (AvgIpc) is 2.96. The van der Waals surface area contributed by atoms with Crippen molar-refractivity contribution < 1.29 is 5.11 Å². The summed E-state index contributed by atoms with van der Waals surface area (Å²) < 4.78 is 3.12. The minimum atomic E-state index is -0.247. The summed E-state index contributed by atoms with van der Waals surface area (Å²) in [6.07, 6.45) is 1.58. The van der Waals surface area contributed by atoms with Crippen molar-refractivity contribution >= 4 is 17.0 Å². The number of imidazole rings is 1. The molecular weight excluding hydrogens is 296 g/mol. The van der Waals surface area contributed by atoms with Crippen molar-refractivity contribution in [2.45, 2.75) is 20.0 Å². The summed E-state index contributed by atoms with van der Waals surface area (Å²) in [5.41, 5.74) is 0.809. The fourth-order valence-electron chi connectivity index (χ4n) is 2.74. The van der Waals surface area contributed by atoms with E-state index < -0.39 is 0 Å². The highest BCUT2D eigenvalue weighted by Gasteiger charge is 2.21. The lowest BCUT2D eigenvalue weighted by Crippen LogP contribution is -2.44. The van der Waals surface area contributed by atoms with Crippen LogP contribution in [0.1, 0.15) is 6.92 Å². The highest BCUT2D eigenvalue weighted by Crippen LogP contribution is 2.20. The molecule has 1 saturated heterocycles. The highest BCUT2D eigenvalue weighted by atomic mass is 16.3. The van der Waals surface area contributed by atoms with E-state index in [1.54, 1.807) is 13.1 Å². The molecule has 8 heteroatoms. The van der Waals surface area contributed by atoms with Crippen molar-refractivity contribution in [2.75, 3.05) is 37.7 Å². The van der Waals surface area contributed by atoms with Crippen LogP contribution in [0.4, 0.5) is 5.95 Å². The molecule has 0 bridgehead atoms. The number of nitrogens with one attached hydrogen (secondary N) is 1. The molecule has 0 saturated carbocycles. The second-order valence-electron chi connectivity index (χ2n) is 5.29. The molecule has 2 N–H and O–H groups in total. The zero-order chi connectivity index (χ0) is 16.2. The van der Waals surface area contributed by atoms with Crippen LogP contribution in [-0.4, -0.2) is 57.2 Å². The molecule has 0 aliphatic carbocycles. The van der Waals surface area contributed by atoms with Crippen molar-refractivity contribution in [1.82, 2.24) is 24.6 Å². The Hall–Kier alpha value is -2.37. The van der Waals surface area contributed by atoms with Gasteiger partial charge >= 0.3 is 0 Å². The van der Waals surface area contributed by atoms with Crippen LogP contribution in [0.15, 0.2) is 11.0 Å². The van der Waals surface area contributed by atoms with Crippen molar-refractivity contribution in [2.24, 2.45) is 0 Å². The van der Waals surface area contributed by atoms with Gasteiger partial charge in [-0.1, -0.05) is 5.92 Å². The molecule has 0 amide bonds. The summed E-state index contributed by atoms with van der Waals surface area (Å²) in [6, 6.07) is 0. The minimum absolute atomic E-state index is 0.133. The monoisotopic (exact) mass is 316 g/mol. The average molecular weight is 316 g/mol. The Labute approximate surface area is 133 Å². The first-order valence-corrected chi connectivity index (χ1v) is 7.68. The van der Waals surface area contributed by atoms with Crippen LogP contribution < -0.4 is 15.8 Å². The molecule has 2 aromatic heterocycles. The Morgan fingerprint density at radius 2 is 2.17 bits per heavy atom. The number of piperazine rings is 1. The third-order valence-corrected chi connectivity index (χ3v) is 3.86. The van der Waals surface area contributed by atoms with E-state index in [1.165, 1.54) is 4.68 Å². The van der Waals surface area contributed by atoms with E-state index in [4.69, 9.17) is 5.11 Å². The molecule has 0 spiro atoms. The van der Waals surface area contributed by atoms with Gasteiger partial charge in [0.15, 0.2) is 0 Å². The molecule has 3 rings (SSSR count). The van der Waals surface area contributed by atoms with Crippen LogP contribution in [0.3, 0.4) is 0 Å². The van der Waals surface area contributed by atoms with E-state index in [2.05, 4.69) is 32.1 Å². The number of nitrogens with zero attached hydrogens (tertiary/aromatic N) is 5. The maximum absolute atomic E-state index is 12.6. The Kier molecular flexibility index (Phi) is 4.60. The van der Waals surface area contributed by atoms with Crippen LogP contribution >= 0.6 is 0 Å². The molecule has 2 aromatic rings. The summed E-state index contributed by atoms with van der Waals surface area (Å²) in [4.78, 5) is 19.4. The lowest BCUT2D eigenvalue weighted by atomic mass is 10.4. The van der Waals surface area contributed by atoms with Crippen LogP contribution in [0, 0.1) is 11.8 Å². The maximum Gasteiger partial charge on any atom is 0.293 e. The number of aromatic nitrogens is 4. The fourth-order valence-corrected chi connectivity index (χ4v) is 2.74. The first-order chi connectivity index (χ1) is 11.3. The second-order valence-corrected chi connectivity index (χ2v) is 5.29. The summed E-state index contributed by atoms with van der Waals surface area (Å²) >= 11 is 0. The number of hydrogen-bond acceptors (Lipinski definition) is 6. The summed E-state index contributed by atoms with van der Waals surface area (Å²) in [5, 5.41) is 16.5. The molecule has 0 aromatic carbocycles. The van der Waals surface area contributed by atoms with Crippen LogP contribution in [0.25, 0.3) is 11.0 Å². The highest BCUT2D eigenvalue weighted by molar-refractivity contribution is 5.77. The number of fused-ring (bicyclic) bond motifs is 1. The molecule has 1 fully saturated rings. The zero-order valence-electron chi connectivity index (χ0n) is 13.1. The fraction of sp³-hybridized carbons (Fsp3) is 0.533. The van der Waals surface area contributed by atoms with E-state index in [0.29, 0.717) is 17.6 Å². The molecular formula is C15H20N6O2. The van der Waals surface area contributed by atoms with Gasteiger partial charge in [0.25, 0.3) is 5.56 Å². The van der Waals surface area contributed by atoms with E-state index in [1.807, 2.05) is 4.57 Å². The molecule has 3 heterocycles. The van der Waals surface area contributed by atoms with Gasteiger partial charge < -0.3 is 15.3 Å². The van der Waals surface area contributed by atoms with Crippen molar-refractivity contribution in [3.63, 3.8) is 0 Å². The van der Waals surface area contributed by atoms with Crippen molar-refractivity contribution in [1.29, 1.82) is 0 Å². The van der Waals surface area contributed by atoms with Crippen molar-refractivity contribution in [3.8, 4) is 11.8 Å². The van der Waals surface area contributed by atoms with Gasteiger partial charge in [-0.2, -0.15) is 5.10 Å². The maximum atomic E-state index is 12.6. The Morgan fingerprint density at radius 3 is 2.87 bits per heavy atom. The van der Waals surface area contributed by atoms with Gasteiger partial charge in [0.1, 0.15) is 11.0 Å². The lowest BCUT2D eigenvalue weighted by molar-refractivity contribution is 0.266. The zero-order valence-corrected chi connectivity index (χ0v) is 13.1. The number of anilines is 1. The smallest absolute Gasteiger partial charge is 0.293 e. The van der Waals surface area contributed by atoms with Gasteiger partial charge in [0.2, 0.25) is 5.95 Å². The number of rotatable bonds is 4. The third kappa shape index (κ3) is 2.93. The SMILES string of the molecule is CC#CCn1c(N2CCNCC2)nc2cnn(CCO)c(=O)c21. The standard InChI is InChI=1S/C15H20N6O2/c1-2-3-6-20-13-12(11-17-21(9-10-22)14(13)23)18-15(20)19-7-4-16-5-8-19/h11,16,22H,4-10H2,1H3. The largest absolute Gasteiger partial charge is 0.394 e. The van der Waals surface area contributed by atoms with Gasteiger partial charge in [-0.15, -0.1) is 5.92 Å². The number of hydrogen-bond donors (Lipinski definition) is 2. The Morgan fingerprint density at radius 1 is 1.39 bits per heavy atom. The van der Waals surface area contributed by atoms with E-state index in [-0.39, 0.29) is 18.7 Å². The van der Waals surface area contributed by atoms with Gasteiger partial charge in [-0.25, -0.2) is 9.67 Å². The van der Waals surface area contributed by atoms with Crippen LogP contribution in [0.2, 0.25) is 0 Å².